The van der Waals surface area contributed by atoms with Crippen molar-refractivity contribution in [1.29, 1.82) is 0 Å². The zero-order valence-corrected chi connectivity index (χ0v) is 10.4. The average molecular weight is 241 g/mol. The van der Waals surface area contributed by atoms with Crippen molar-refractivity contribution in [2.24, 2.45) is 0 Å². The van der Waals surface area contributed by atoms with E-state index in [-0.39, 0.29) is 24.1 Å². The fourth-order valence-electron chi connectivity index (χ4n) is 1.35. The van der Waals surface area contributed by atoms with Gasteiger partial charge in [0.05, 0.1) is 12.8 Å². The second kappa shape index (κ2) is 5.56. The molecule has 0 aliphatic heterocycles. The van der Waals surface area contributed by atoms with E-state index in [1.807, 2.05) is 13.8 Å². The largest absolute Gasteiger partial charge is 0.468 e. The van der Waals surface area contributed by atoms with Gasteiger partial charge in [0.1, 0.15) is 12.9 Å². The zero-order valence-electron chi connectivity index (χ0n) is 10.4. The first-order valence-electron chi connectivity index (χ1n) is 5.28. The number of halogens is 1. The van der Waals surface area contributed by atoms with Gasteiger partial charge in [-0.1, -0.05) is 0 Å². The third-order valence-electron chi connectivity index (χ3n) is 2.37. The number of carbonyl (C=O) groups is 1. The Morgan fingerprint density at radius 1 is 1.53 bits per heavy atom. The quantitative estimate of drug-likeness (QED) is 0.744. The smallest absolute Gasteiger partial charge is 0.325 e. The van der Waals surface area contributed by atoms with E-state index in [1.165, 1.54) is 18.3 Å². The summed E-state index contributed by atoms with van der Waals surface area (Å²) >= 11 is 0. The van der Waals surface area contributed by atoms with Gasteiger partial charge in [0.2, 0.25) is 0 Å². The molecule has 0 saturated carbocycles. The van der Waals surface area contributed by atoms with Crippen molar-refractivity contribution >= 4 is 11.8 Å². The van der Waals surface area contributed by atoms with Crippen molar-refractivity contribution in [1.82, 2.24) is 9.97 Å². The van der Waals surface area contributed by atoms with E-state index >= 15 is 0 Å². The van der Waals surface area contributed by atoms with E-state index < -0.39 is 11.8 Å². The summed E-state index contributed by atoms with van der Waals surface area (Å²) in [5, 5.41) is 0. The normalized spacial score (nSPS) is 10.5. The summed E-state index contributed by atoms with van der Waals surface area (Å²) in [6.45, 7) is 5.21. The molecule has 1 rings (SSSR count). The molecule has 17 heavy (non-hydrogen) atoms. The molecule has 1 aromatic rings. The van der Waals surface area contributed by atoms with Crippen molar-refractivity contribution in [2.75, 3.05) is 18.6 Å². The summed E-state index contributed by atoms with van der Waals surface area (Å²) in [4.78, 5) is 20.4. The number of esters is 1. The molecule has 0 fully saturated rings. The standard InChI is InChI=1S/C11H16FN3O2/c1-7(2)15(5-9(16)17-4)11-10(12)8(3)13-6-14-11/h6-7H,5H2,1-4H3. The van der Waals surface area contributed by atoms with Gasteiger partial charge < -0.3 is 9.64 Å². The van der Waals surface area contributed by atoms with Crippen molar-refractivity contribution < 1.29 is 13.9 Å². The van der Waals surface area contributed by atoms with Gasteiger partial charge >= 0.3 is 5.97 Å². The van der Waals surface area contributed by atoms with Crippen LogP contribution in [0.1, 0.15) is 19.5 Å². The van der Waals surface area contributed by atoms with Crippen LogP contribution in [0.5, 0.6) is 0 Å². The van der Waals surface area contributed by atoms with Gasteiger partial charge in [0, 0.05) is 6.04 Å². The molecular weight excluding hydrogens is 225 g/mol. The lowest BCUT2D eigenvalue weighted by Crippen LogP contribution is -2.37. The topological polar surface area (TPSA) is 55.3 Å². The molecule has 0 bridgehead atoms. The van der Waals surface area contributed by atoms with Gasteiger partial charge in [-0.15, -0.1) is 0 Å². The Labute approximate surface area is 99.6 Å². The van der Waals surface area contributed by atoms with Crippen molar-refractivity contribution in [2.45, 2.75) is 26.8 Å². The van der Waals surface area contributed by atoms with Crippen LogP contribution in [-0.2, 0) is 9.53 Å². The summed E-state index contributed by atoms with van der Waals surface area (Å²) in [6.07, 6.45) is 1.28. The monoisotopic (exact) mass is 241 g/mol. The third-order valence-corrected chi connectivity index (χ3v) is 2.37. The van der Waals surface area contributed by atoms with Gasteiger partial charge in [0.25, 0.3) is 0 Å². The first-order valence-corrected chi connectivity index (χ1v) is 5.28. The Bertz CT molecular complexity index is 410. The number of carbonyl (C=O) groups excluding carboxylic acids is 1. The molecule has 0 radical (unpaired) electrons. The fraction of sp³-hybridized carbons (Fsp3) is 0.545. The van der Waals surface area contributed by atoms with Gasteiger partial charge in [-0.3, -0.25) is 4.79 Å². The predicted molar refractivity (Wildman–Crippen MR) is 61.2 cm³/mol. The Kier molecular flexibility index (Phi) is 4.37. The molecule has 6 heteroatoms. The Hall–Kier alpha value is -1.72. The Morgan fingerprint density at radius 3 is 2.71 bits per heavy atom. The van der Waals surface area contributed by atoms with E-state index in [4.69, 9.17) is 0 Å². The molecule has 94 valence electrons. The molecule has 0 saturated heterocycles. The lowest BCUT2D eigenvalue weighted by atomic mass is 10.3. The molecule has 0 aliphatic rings. The number of methoxy groups -OCH3 is 1. The number of hydrogen-bond donors (Lipinski definition) is 0. The van der Waals surface area contributed by atoms with Crippen molar-refractivity contribution in [3.05, 3.63) is 17.8 Å². The molecule has 0 aromatic carbocycles. The van der Waals surface area contributed by atoms with Crippen LogP contribution in [0.3, 0.4) is 0 Å². The molecule has 0 amide bonds. The van der Waals surface area contributed by atoms with Crippen LogP contribution < -0.4 is 4.90 Å². The average Bonchev–Trinajstić information content (AvgIpc) is 2.29. The van der Waals surface area contributed by atoms with Gasteiger partial charge in [-0.2, -0.15) is 0 Å². The van der Waals surface area contributed by atoms with Crippen LogP contribution >= 0.6 is 0 Å². The lowest BCUT2D eigenvalue weighted by molar-refractivity contribution is -0.139. The maximum Gasteiger partial charge on any atom is 0.325 e. The molecular formula is C11H16FN3O2. The molecule has 0 atom stereocenters. The predicted octanol–water partition coefficient (Wildman–Crippen LogP) is 1.31. The highest BCUT2D eigenvalue weighted by Gasteiger charge is 2.21. The first-order chi connectivity index (χ1) is 7.97. The highest BCUT2D eigenvalue weighted by molar-refractivity contribution is 5.75. The number of anilines is 1. The molecule has 1 aromatic heterocycles. The fourth-order valence-corrected chi connectivity index (χ4v) is 1.35. The first kappa shape index (κ1) is 13.3. The molecule has 0 aliphatic carbocycles. The second-order valence-electron chi connectivity index (χ2n) is 3.89. The summed E-state index contributed by atoms with van der Waals surface area (Å²) in [7, 11) is 1.29. The summed E-state index contributed by atoms with van der Waals surface area (Å²) < 4.78 is 18.4. The minimum Gasteiger partial charge on any atom is -0.468 e. The summed E-state index contributed by atoms with van der Waals surface area (Å²) in [6, 6.07) is -0.0714. The second-order valence-corrected chi connectivity index (χ2v) is 3.89. The molecule has 0 unspecified atom stereocenters. The van der Waals surface area contributed by atoms with Crippen LogP contribution in [0.2, 0.25) is 0 Å². The molecule has 1 heterocycles. The SMILES string of the molecule is COC(=O)CN(c1ncnc(C)c1F)C(C)C. The van der Waals surface area contributed by atoms with E-state index in [2.05, 4.69) is 14.7 Å². The van der Waals surface area contributed by atoms with Gasteiger partial charge in [-0.25, -0.2) is 14.4 Å². The molecule has 0 N–H and O–H groups in total. The molecule has 5 nitrogen and oxygen atoms in total. The maximum absolute atomic E-state index is 13.8. The van der Waals surface area contributed by atoms with Crippen LogP contribution in [-0.4, -0.2) is 35.6 Å². The third kappa shape index (κ3) is 3.12. The minimum atomic E-state index is -0.509. The Balaban J connectivity index is 3.06. The summed E-state index contributed by atoms with van der Waals surface area (Å²) in [5.41, 5.74) is 0.255. The number of aryl methyl sites for hydroxylation is 1. The van der Waals surface area contributed by atoms with Crippen LogP contribution in [0.15, 0.2) is 6.33 Å². The van der Waals surface area contributed by atoms with E-state index in [0.29, 0.717) is 0 Å². The number of hydrogen-bond acceptors (Lipinski definition) is 5. The van der Waals surface area contributed by atoms with Crippen LogP contribution in [0.25, 0.3) is 0 Å². The van der Waals surface area contributed by atoms with Gasteiger partial charge in [0.15, 0.2) is 11.6 Å². The highest BCUT2D eigenvalue weighted by Crippen LogP contribution is 2.19. The highest BCUT2D eigenvalue weighted by atomic mass is 19.1. The van der Waals surface area contributed by atoms with E-state index in [1.54, 1.807) is 6.92 Å². The number of aromatic nitrogens is 2. The number of rotatable bonds is 4. The lowest BCUT2D eigenvalue weighted by Gasteiger charge is -2.26. The molecule has 0 spiro atoms. The minimum absolute atomic E-state index is 0.0401. The Morgan fingerprint density at radius 2 is 2.18 bits per heavy atom. The number of ether oxygens (including phenoxy) is 1. The van der Waals surface area contributed by atoms with Crippen LogP contribution in [0.4, 0.5) is 10.2 Å². The van der Waals surface area contributed by atoms with E-state index in [0.717, 1.165) is 0 Å². The zero-order chi connectivity index (χ0) is 13.0. The van der Waals surface area contributed by atoms with Gasteiger partial charge in [-0.05, 0) is 20.8 Å². The van der Waals surface area contributed by atoms with Crippen molar-refractivity contribution in [3.63, 3.8) is 0 Å². The summed E-state index contributed by atoms with van der Waals surface area (Å²) in [5.74, 6) is -0.822. The van der Waals surface area contributed by atoms with Crippen LogP contribution in [0, 0.1) is 12.7 Å². The number of nitrogens with zero attached hydrogens (tertiary/aromatic N) is 3. The van der Waals surface area contributed by atoms with E-state index in [9.17, 15) is 9.18 Å². The maximum atomic E-state index is 13.8. The van der Waals surface area contributed by atoms with Crippen molar-refractivity contribution in [3.8, 4) is 0 Å².